The van der Waals surface area contributed by atoms with Gasteiger partial charge in [0, 0.05) is 17.9 Å². The molecule has 1 aromatic carbocycles. The largest absolute Gasteiger partial charge is 0.504 e. The van der Waals surface area contributed by atoms with Crippen LogP contribution in [0.1, 0.15) is 29.4 Å². The van der Waals surface area contributed by atoms with Crippen molar-refractivity contribution in [2.75, 3.05) is 44.7 Å². The quantitative estimate of drug-likeness (QED) is 0.0391. The fraction of sp³-hybridized carbons (Fsp3) is 0.414. The number of thiazole rings is 1. The number of nitrogens with one attached hydrogen (secondary N) is 1. The van der Waals surface area contributed by atoms with Gasteiger partial charge >= 0.3 is 5.97 Å². The van der Waals surface area contributed by atoms with E-state index in [2.05, 4.69) is 15.5 Å². The zero-order valence-corrected chi connectivity index (χ0v) is 28.1. The molecule has 1 aromatic heterocycles. The maximum Gasteiger partial charge on any atom is 0.352 e. The van der Waals surface area contributed by atoms with Crippen LogP contribution in [0.4, 0.5) is 5.13 Å². The molecule has 0 saturated carbocycles. The number of nitrogens with zero attached hydrogens (tertiary/aromatic N) is 5. The molecule has 4 heterocycles. The molecule has 256 valence electrons. The maximum absolute atomic E-state index is 13.4. The van der Waals surface area contributed by atoms with Crippen molar-refractivity contribution in [3.05, 3.63) is 45.6 Å². The summed E-state index contributed by atoms with van der Waals surface area (Å²) in [5.74, 6) is -4.15. The third-order valence-electron chi connectivity index (χ3n) is 8.58. The number of carbonyl (C=O) groups is 5. The van der Waals surface area contributed by atoms with Crippen LogP contribution < -0.4 is 11.1 Å². The molecule has 16 nitrogen and oxygen atoms in total. The number of halogens is 1. The summed E-state index contributed by atoms with van der Waals surface area (Å²) in [5.41, 5.74) is 5.32. The van der Waals surface area contributed by atoms with E-state index >= 15 is 0 Å². The van der Waals surface area contributed by atoms with Crippen molar-refractivity contribution >= 4 is 75.5 Å². The van der Waals surface area contributed by atoms with Gasteiger partial charge in [-0.2, -0.15) is 0 Å². The molecule has 3 aliphatic heterocycles. The predicted octanol–water partition coefficient (Wildman–Crippen LogP) is 0.828. The number of piperazine rings is 1. The molecule has 3 aliphatic rings. The first-order valence-corrected chi connectivity index (χ1v) is 17.2. The standard InChI is InChI=1S/C29H32ClN7O9S2/c1-14(12-38)46-34-21(17-13-48-29(31)32-17)24(41)33-22-26(43)36(27(22)47-2)18(28(44)45)6-9-37-8-5-15(11-37)35(7-10-37)25(42)16-3-4-19(39)23(40)20(16)30/h3-4,6,12-15,22,27H,5,7-11H2,1-2H3,(H5-,31,32,33,34,39,40,41,42,44,45)/p+1/b18-6+/t14-,15-,22+,27+,37+/m0/s1. The lowest BCUT2D eigenvalue weighted by Gasteiger charge is -2.46. The number of phenols is 2. The lowest BCUT2D eigenvalue weighted by molar-refractivity contribution is -0.915. The Morgan fingerprint density at radius 1 is 1.33 bits per heavy atom. The number of nitrogen functional groups attached to an aromatic ring is 1. The Morgan fingerprint density at radius 3 is 2.73 bits per heavy atom. The van der Waals surface area contributed by atoms with E-state index in [9.17, 15) is 39.3 Å². The van der Waals surface area contributed by atoms with Gasteiger partial charge in [0.25, 0.3) is 17.7 Å². The van der Waals surface area contributed by atoms with Crippen molar-refractivity contribution in [1.82, 2.24) is 20.1 Å². The Bertz CT molecular complexity index is 1720. The number of aldehydes is 1. The van der Waals surface area contributed by atoms with Crippen LogP contribution in [0.15, 0.2) is 34.4 Å². The van der Waals surface area contributed by atoms with E-state index in [1.165, 1.54) is 42.3 Å². The first-order valence-electron chi connectivity index (χ1n) is 14.7. The number of quaternary nitrogens is 1. The highest BCUT2D eigenvalue weighted by molar-refractivity contribution is 7.99. The third-order valence-corrected chi connectivity index (χ3v) is 10.6. The fourth-order valence-corrected chi connectivity index (χ4v) is 7.72. The maximum atomic E-state index is 13.4. The summed E-state index contributed by atoms with van der Waals surface area (Å²) < 4.78 is 0.502. The number of aromatic nitrogens is 1. The van der Waals surface area contributed by atoms with Gasteiger partial charge in [0.1, 0.15) is 29.4 Å². The summed E-state index contributed by atoms with van der Waals surface area (Å²) in [5, 5.41) is 36.8. The number of likely N-dealkylation sites (tertiary alicyclic amines) is 1. The molecule has 19 heteroatoms. The number of benzene rings is 1. The highest BCUT2D eigenvalue weighted by atomic mass is 35.5. The molecule has 48 heavy (non-hydrogen) atoms. The number of β-lactam (4-membered cyclic amide) rings is 1. The van der Waals surface area contributed by atoms with Gasteiger partial charge in [0.05, 0.1) is 42.8 Å². The van der Waals surface area contributed by atoms with Crippen LogP contribution in [-0.2, 0) is 24.0 Å². The molecule has 3 amide bonds. The Balaban J connectivity index is 1.28. The smallest absolute Gasteiger partial charge is 0.352 e. The molecule has 0 radical (unpaired) electrons. The minimum atomic E-state index is -1.31. The molecule has 5 atom stereocenters. The van der Waals surface area contributed by atoms with E-state index in [0.29, 0.717) is 43.4 Å². The normalized spacial score (nSPS) is 24.6. The lowest BCUT2D eigenvalue weighted by atomic mass is 10.0. The van der Waals surface area contributed by atoms with E-state index in [1.807, 2.05) is 0 Å². The number of hydrogen-bond donors (Lipinski definition) is 5. The second-order valence-corrected chi connectivity index (χ2v) is 13.7. The number of phenolic OH excluding ortho intramolecular Hbond substituents is 2. The van der Waals surface area contributed by atoms with Gasteiger partial charge in [0.15, 0.2) is 34.7 Å². The molecule has 0 unspecified atom stereocenters. The summed E-state index contributed by atoms with van der Waals surface area (Å²) in [6, 6.07) is 1.31. The van der Waals surface area contributed by atoms with E-state index in [0.717, 1.165) is 16.2 Å². The molecule has 3 saturated heterocycles. The predicted molar refractivity (Wildman–Crippen MR) is 175 cm³/mol. The molecule has 3 fully saturated rings. The Labute approximate surface area is 287 Å². The van der Waals surface area contributed by atoms with Crippen molar-refractivity contribution in [3.63, 3.8) is 0 Å². The van der Waals surface area contributed by atoms with Crippen LogP contribution in [-0.4, -0.2) is 133 Å². The van der Waals surface area contributed by atoms with Crippen molar-refractivity contribution in [1.29, 1.82) is 0 Å². The van der Waals surface area contributed by atoms with Crippen LogP contribution >= 0.6 is 34.7 Å². The number of aliphatic carboxylic acids is 1. The molecule has 0 aliphatic carbocycles. The van der Waals surface area contributed by atoms with Crippen LogP contribution in [0.25, 0.3) is 0 Å². The number of rotatable bonds is 12. The lowest BCUT2D eigenvalue weighted by Crippen LogP contribution is -2.70. The highest BCUT2D eigenvalue weighted by Gasteiger charge is 2.52. The van der Waals surface area contributed by atoms with Crippen LogP contribution in [0.2, 0.25) is 5.02 Å². The number of thioether (sulfide) groups is 1. The molecular formula is C29H33ClN7O9S2+. The average Bonchev–Trinajstić information content (AvgIpc) is 3.64. The number of carbonyl (C=O) groups excluding carboxylic acids is 4. The topological polar surface area (TPSA) is 225 Å². The van der Waals surface area contributed by atoms with Gasteiger partial charge in [-0.15, -0.1) is 23.1 Å². The molecule has 2 bridgehead atoms. The molecule has 0 spiro atoms. The van der Waals surface area contributed by atoms with Gasteiger partial charge in [0.2, 0.25) is 0 Å². The number of amides is 3. The number of fused-ring (bicyclic) bond motifs is 2. The molecule has 2 aromatic rings. The van der Waals surface area contributed by atoms with Gasteiger partial charge in [-0.25, -0.2) is 9.78 Å². The number of hydrogen-bond acceptors (Lipinski definition) is 13. The van der Waals surface area contributed by atoms with Gasteiger partial charge in [-0.3, -0.25) is 24.1 Å². The molecular weight excluding hydrogens is 690 g/mol. The van der Waals surface area contributed by atoms with E-state index in [-0.39, 0.29) is 51.3 Å². The van der Waals surface area contributed by atoms with Crippen LogP contribution in [0, 0.1) is 0 Å². The summed E-state index contributed by atoms with van der Waals surface area (Å²) >= 11 is 8.37. The zero-order chi connectivity index (χ0) is 34.9. The average molecular weight is 723 g/mol. The van der Waals surface area contributed by atoms with Crippen molar-refractivity contribution in [2.24, 2.45) is 5.16 Å². The monoisotopic (exact) mass is 722 g/mol. The van der Waals surface area contributed by atoms with Crippen LogP contribution in [0.5, 0.6) is 11.5 Å². The molecule has 6 N–H and O–H groups in total. The van der Waals surface area contributed by atoms with Crippen molar-refractivity contribution in [2.45, 2.75) is 36.9 Å². The first kappa shape index (κ1) is 34.9. The number of oxime groups is 1. The summed E-state index contributed by atoms with van der Waals surface area (Å²) in [6.45, 7) is 3.79. The SMILES string of the molecule is CS[C@@H]1[C@H](NC(=O)/C(=N\O[C@@H](C)C=O)c2csc(N)n2)C(=O)N1/C(=C/C[N@@+]12CC[C@@H](C1)N(C(=O)c1ccc(O)c(O)c1Cl)CC2)C(=O)O. The number of aromatic hydroxyl groups is 2. The minimum Gasteiger partial charge on any atom is -0.504 e. The highest BCUT2D eigenvalue weighted by Crippen LogP contribution is 2.38. The number of carboxylic acid groups (broad SMARTS) is 1. The van der Waals surface area contributed by atoms with Crippen molar-refractivity contribution < 1.29 is 48.6 Å². The van der Waals surface area contributed by atoms with Gasteiger partial charge in [-0.05, 0) is 25.3 Å². The van der Waals surface area contributed by atoms with Crippen molar-refractivity contribution in [3.8, 4) is 11.5 Å². The molecule has 5 rings (SSSR count). The number of nitrogens with two attached hydrogens (primary N) is 1. The number of carboxylic acids is 1. The minimum absolute atomic E-state index is 0.0742. The van der Waals surface area contributed by atoms with E-state index in [4.69, 9.17) is 22.2 Å². The summed E-state index contributed by atoms with van der Waals surface area (Å²) in [4.78, 5) is 75.3. The van der Waals surface area contributed by atoms with Gasteiger partial charge < -0.3 is 40.6 Å². The Kier molecular flexibility index (Phi) is 10.2. The fourth-order valence-electron chi connectivity index (χ4n) is 6.05. The second kappa shape index (κ2) is 14.0. The Morgan fingerprint density at radius 2 is 2.08 bits per heavy atom. The van der Waals surface area contributed by atoms with Crippen LogP contribution in [0.3, 0.4) is 0 Å². The number of anilines is 1. The van der Waals surface area contributed by atoms with E-state index in [1.54, 1.807) is 11.2 Å². The first-order chi connectivity index (χ1) is 22.8. The third kappa shape index (κ3) is 6.65. The summed E-state index contributed by atoms with van der Waals surface area (Å²) in [7, 11) is 0. The van der Waals surface area contributed by atoms with E-state index < -0.39 is 46.8 Å². The second-order valence-electron chi connectivity index (χ2n) is 11.5. The Hall–Kier alpha value is -4.39. The summed E-state index contributed by atoms with van der Waals surface area (Å²) in [6.07, 6.45) is 3.36. The zero-order valence-electron chi connectivity index (χ0n) is 25.7. The van der Waals surface area contributed by atoms with Gasteiger partial charge in [-0.1, -0.05) is 16.8 Å².